The third-order valence-electron chi connectivity index (χ3n) is 4.13. The minimum absolute atomic E-state index is 0.258. The molecule has 0 saturated carbocycles. The average Bonchev–Trinajstić information content (AvgIpc) is 3.24. The Morgan fingerprint density at radius 3 is 2.58 bits per heavy atom. The van der Waals surface area contributed by atoms with Crippen molar-refractivity contribution in [3.8, 4) is 0 Å². The summed E-state index contributed by atoms with van der Waals surface area (Å²) in [6, 6.07) is -7.17. The standard InChI is InChI=1S/C23H26N2O4S2/c1-23(2,3)29-22(26)25-14-12-24(13-15-25)19-11-7-10-18-20(16-30-21(18)19)31(27,28)17-8-5-4-6-9-17/h4-11,16H,12-15H2,1-3H3/i4D,5D,6D,7D,8D,9D,10D,11D,12D2,14D,16D. The Bertz CT molecular complexity index is 1760. The van der Waals surface area contributed by atoms with Crippen molar-refractivity contribution >= 4 is 43.0 Å². The average molecular weight is 471 g/mol. The van der Waals surface area contributed by atoms with E-state index < -0.39 is 103 Å². The zero-order valence-electron chi connectivity index (χ0n) is 28.8. The highest BCUT2D eigenvalue weighted by atomic mass is 32.2. The summed E-state index contributed by atoms with van der Waals surface area (Å²) in [5.41, 5.74) is -1.32. The highest BCUT2D eigenvalue weighted by Gasteiger charge is 2.28. The summed E-state index contributed by atoms with van der Waals surface area (Å²) in [4.78, 5) is 12.4. The highest BCUT2D eigenvalue weighted by molar-refractivity contribution is 7.92. The Hall–Kier alpha value is -2.58. The van der Waals surface area contributed by atoms with E-state index in [-0.39, 0.29) is 23.5 Å². The quantitative estimate of drug-likeness (QED) is 0.550. The molecular weight excluding hydrogens is 432 g/mol. The second kappa shape index (κ2) is 8.16. The number of amides is 1. The molecule has 0 radical (unpaired) electrons. The van der Waals surface area contributed by atoms with Crippen molar-refractivity contribution in [2.45, 2.75) is 36.2 Å². The van der Waals surface area contributed by atoms with Gasteiger partial charge in [0.1, 0.15) is 5.60 Å². The first-order valence-corrected chi connectivity index (χ1v) is 11.4. The first kappa shape index (κ1) is 11.3. The largest absolute Gasteiger partial charge is 0.444 e. The molecule has 3 aromatic rings. The monoisotopic (exact) mass is 470 g/mol. The number of nitrogens with zero attached hydrogens (tertiary/aromatic N) is 2. The van der Waals surface area contributed by atoms with Gasteiger partial charge in [-0.2, -0.15) is 0 Å². The summed E-state index contributed by atoms with van der Waals surface area (Å²) in [6.45, 7) is -0.433. The molecule has 164 valence electrons. The molecule has 1 atom stereocenters. The van der Waals surface area contributed by atoms with Gasteiger partial charge in [0.2, 0.25) is 9.84 Å². The van der Waals surface area contributed by atoms with Crippen molar-refractivity contribution in [3.05, 3.63) is 53.7 Å². The van der Waals surface area contributed by atoms with Gasteiger partial charge in [0, 0.05) is 36.8 Å². The molecule has 1 fully saturated rings. The van der Waals surface area contributed by atoms with Crippen LogP contribution in [0.1, 0.15) is 37.2 Å². The van der Waals surface area contributed by atoms with E-state index in [0.29, 0.717) is 11.3 Å². The van der Waals surface area contributed by atoms with E-state index in [1.165, 1.54) is 0 Å². The Balaban J connectivity index is 1.97. The number of rotatable bonds is 3. The molecule has 31 heavy (non-hydrogen) atoms. The second-order valence-corrected chi connectivity index (χ2v) is 10.1. The SMILES string of the molecule is [2H]c1sc2c(N3CCN(C(=O)OC(C)(C)C)C([2H])C3([2H])[2H])c([2H])c([2H])c([2H])c2c1S(=O)(=O)c1c([2H])c([2H])c([2H])c([2H])c1[2H]. The van der Waals surface area contributed by atoms with Crippen LogP contribution in [0.2, 0.25) is 0 Å². The van der Waals surface area contributed by atoms with Crippen LogP contribution in [0.3, 0.4) is 0 Å². The lowest BCUT2D eigenvalue weighted by Crippen LogP contribution is -2.50. The van der Waals surface area contributed by atoms with Crippen LogP contribution in [0, 0.1) is 0 Å². The van der Waals surface area contributed by atoms with Crippen molar-refractivity contribution in [2.75, 3.05) is 31.0 Å². The van der Waals surface area contributed by atoms with Gasteiger partial charge >= 0.3 is 6.09 Å². The lowest BCUT2D eigenvalue weighted by Gasteiger charge is -2.37. The van der Waals surface area contributed by atoms with Gasteiger partial charge in [-0.25, -0.2) is 13.2 Å². The van der Waals surface area contributed by atoms with Gasteiger partial charge in [-0.1, -0.05) is 30.2 Å². The summed E-state index contributed by atoms with van der Waals surface area (Å²) in [5.74, 6) is 0. The molecule has 8 heteroatoms. The van der Waals surface area contributed by atoms with Gasteiger partial charge in [0.25, 0.3) is 0 Å². The number of thiophene rings is 1. The van der Waals surface area contributed by atoms with Crippen molar-refractivity contribution in [1.82, 2.24) is 4.90 Å². The smallest absolute Gasteiger partial charge is 0.410 e. The number of hydrogen-bond donors (Lipinski definition) is 0. The minimum atomic E-state index is -5.11. The molecule has 0 bridgehead atoms. The van der Waals surface area contributed by atoms with E-state index in [4.69, 9.17) is 21.2 Å². The van der Waals surface area contributed by atoms with Crippen LogP contribution in [0.15, 0.2) is 63.5 Å². The summed E-state index contributed by atoms with van der Waals surface area (Å²) in [7, 11) is -5.11. The fourth-order valence-electron chi connectivity index (χ4n) is 2.76. The molecule has 2 aromatic carbocycles. The molecule has 0 aliphatic carbocycles. The van der Waals surface area contributed by atoms with E-state index in [0.717, 1.165) is 9.80 Å². The number of fused-ring (bicyclic) bond motifs is 1. The number of benzene rings is 2. The second-order valence-electron chi connectivity index (χ2n) is 7.50. The fraction of sp³-hybridized carbons (Fsp3) is 0.348. The van der Waals surface area contributed by atoms with Gasteiger partial charge in [0.05, 0.1) is 36.6 Å². The van der Waals surface area contributed by atoms with Crippen LogP contribution in [0.25, 0.3) is 10.1 Å². The third kappa shape index (κ3) is 4.41. The van der Waals surface area contributed by atoms with Gasteiger partial charge in [-0.3, -0.25) is 0 Å². The van der Waals surface area contributed by atoms with Crippen LogP contribution < -0.4 is 4.90 Å². The molecule has 1 aliphatic heterocycles. The normalized spacial score (nSPS) is 24.8. The molecule has 1 aliphatic rings. The van der Waals surface area contributed by atoms with E-state index in [2.05, 4.69) is 0 Å². The van der Waals surface area contributed by atoms with Crippen LogP contribution in [-0.2, 0) is 14.6 Å². The van der Waals surface area contributed by atoms with Crippen molar-refractivity contribution in [3.63, 3.8) is 0 Å². The molecule has 1 aromatic heterocycles. The molecule has 4 rings (SSSR count). The van der Waals surface area contributed by atoms with Crippen molar-refractivity contribution in [1.29, 1.82) is 0 Å². The molecular formula is C23H26N2O4S2. The Morgan fingerprint density at radius 1 is 1.13 bits per heavy atom. The molecule has 1 amide bonds. The molecule has 0 N–H and O–H groups in total. The maximum atomic E-state index is 13.9. The molecule has 1 unspecified atom stereocenters. The molecule has 1 saturated heterocycles. The van der Waals surface area contributed by atoms with Crippen LogP contribution in [-0.4, -0.2) is 51.1 Å². The highest BCUT2D eigenvalue weighted by Crippen LogP contribution is 2.38. The van der Waals surface area contributed by atoms with Crippen LogP contribution in [0.5, 0.6) is 0 Å². The number of hydrogen-bond acceptors (Lipinski definition) is 6. The maximum Gasteiger partial charge on any atom is 0.410 e. The van der Waals surface area contributed by atoms with Gasteiger partial charge in [-0.05, 0) is 38.9 Å². The number of carbonyl (C=O) groups is 1. The predicted molar refractivity (Wildman–Crippen MR) is 124 cm³/mol. The van der Waals surface area contributed by atoms with Crippen LogP contribution >= 0.6 is 11.3 Å². The van der Waals surface area contributed by atoms with Gasteiger partial charge in [-0.15, -0.1) is 11.3 Å². The lowest BCUT2D eigenvalue weighted by atomic mass is 10.2. The Morgan fingerprint density at radius 2 is 1.87 bits per heavy atom. The van der Waals surface area contributed by atoms with Crippen molar-refractivity contribution < 1.29 is 34.4 Å². The topological polar surface area (TPSA) is 66.9 Å². The first-order valence-electron chi connectivity index (χ1n) is 15.2. The Kier molecular flexibility index (Phi) is 2.98. The number of sulfone groups is 1. The third-order valence-corrected chi connectivity index (χ3v) is 6.75. The zero-order valence-corrected chi connectivity index (χ0v) is 18.5. The number of anilines is 1. The summed E-state index contributed by atoms with van der Waals surface area (Å²) < 4.78 is 133. The summed E-state index contributed by atoms with van der Waals surface area (Å²) in [6.07, 6.45) is -0.952. The van der Waals surface area contributed by atoms with Crippen LogP contribution in [0.4, 0.5) is 10.5 Å². The number of piperazine rings is 1. The number of carbonyl (C=O) groups excluding carboxylic acids is 1. The maximum absolute atomic E-state index is 13.9. The fourth-order valence-corrected chi connectivity index (χ4v) is 5.20. The van der Waals surface area contributed by atoms with E-state index in [1.54, 1.807) is 20.8 Å². The molecule has 6 nitrogen and oxygen atoms in total. The first-order chi connectivity index (χ1) is 19.6. The van der Waals surface area contributed by atoms with Crippen molar-refractivity contribution in [2.24, 2.45) is 0 Å². The van der Waals surface area contributed by atoms with E-state index in [9.17, 15) is 13.2 Å². The summed E-state index contributed by atoms with van der Waals surface area (Å²) in [5, 5.41) is -1.30. The van der Waals surface area contributed by atoms with E-state index in [1.807, 2.05) is 0 Å². The predicted octanol–water partition coefficient (Wildman–Crippen LogP) is 4.79. The zero-order chi connectivity index (χ0) is 32.7. The molecule has 0 spiro atoms. The van der Waals surface area contributed by atoms with Gasteiger partial charge in [0.15, 0.2) is 0 Å². The lowest BCUT2D eigenvalue weighted by molar-refractivity contribution is 0.0240. The molecule has 2 heterocycles. The summed E-state index contributed by atoms with van der Waals surface area (Å²) >= 11 is 0.434. The minimum Gasteiger partial charge on any atom is -0.444 e. The van der Waals surface area contributed by atoms with E-state index >= 15 is 0 Å². The number of ether oxygens (including phenoxy) is 1. The Labute approximate surface area is 203 Å². The van der Waals surface area contributed by atoms with Gasteiger partial charge < -0.3 is 14.5 Å².